The van der Waals surface area contributed by atoms with Crippen LogP contribution in [0, 0.1) is 34.6 Å². The first-order valence-electron chi connectivity index (χ1n) is 12.5. The van der Waals surface area contributed by atoms with E-state index < -0.39 is 26.0 Å². The van der Waals surface area contributed by atoms with Crippen LogP contribution in [-0.2, 0) is 20.0 Å². The van der Waals surface area contributed by atoms with Gasteiger partial charge in [-0.2, -0.15) is 0 Å². The van der Waals surface area contributed by atoms with E-state index in [9.17, 15) is 21.6 Å². The van der Waals surface area contributed by atoms with Crippen LogP contribution in [0.4, 0.5) is 17.1 Å². The van der Waals surface area contributed by atoms with E-state index in [-0.39, 0.29) is 15.4 Å². The Morgan fingerprint density at radius 1 is 0.575 bits per heavy atom. The minimum atomic E-state index is -3.96. The van der Waals surface area contributed by atoms with Crippen molar-refractivity contribution in [2.24, 2.45) is 0 Å². The van der Waals surface area contributed by atoms with E-state index in [4.69, 9.17) is 0 Å². The van der Waals surface area contributed by atoms with Crippen molar-refractivity contribution in [3.8, 4) is 0 Å². The van der Waals surface area contributed by atoms with Crippen molar-refractivity contribution in [1.29, 1.82) is 0 Å². The average Bonchev–Trinajstić information content (AvgIpc) is 2.88. The monoisotopic (exact) mass is 577 g/mol. The molecular formula is C30H31N3O5S2. The molecule has 4 aromatic rings. The van der Waals surface area contributed by atoms with Crippen molar-refractivity contribution in [3.63, 3.8) is 0 Å². The van der Waals surface area contributed by atoms with Gasteiger partial charge >= 0.3 is 0 Å². The highest BCUT2D eigenvalue weighted by Crippen LogP contribution is 2.24. The summed E-state index contributed by atoms with van der Waals surface area (Å²) >= 11 is 0. The maximum Gasteiger partial charge on any atom is 0.262 e. The van der Waals surface area contributed by atoms with E-state index in [0.717, 1.165) is 22.3 Å². The molecule has 4 rings (SSSR count). The summed E-state index contributed by atoms with van der Waals surface area (Å²) in [6, 6.07) is 20.8. The van der Waals surface area contributed by atoms with Gasteiger partial charge in [-0.05, 0) is 111 Å². The molecular weight excluding hydrogens is 546 g/mol. The van der Waals surface area contributed by atoms with Gasteiger partial charge in [0, 0.05) is 16.9 Å². The third-order valence-electron chi connectivity index (χ3n) is 6.55. The first kappa shape index (κ1) is 28.8. The zero-order valence-electron chi connectivity index (χ0n) is 22.9. The van der Waals surface area contributed by atoms with Gasteiger partial charge in [0.05, 0.1) is 15.5 Å². The van der Waals surface area contributed by atoms with Gasteiger partial charge in [-0.25, -0.2) is 16.8 Å². The minimum absolute atomic E-state index is 0.0164. The molecule has 0 saturated heterocycles. The third-order valence-corrected chi connectivity index (χ3v) is 9.45. The molecule has 0 heterocycles. The van der Waals surface area contributed by atoms with Crippen LogP contribution in [0.5, 0.6) is 0 Å². The van der Waals surface area contributed by atoms with Crippen LogP contribution in [0.3, 0.4) is 0 Å². The van der Waals surface area contributed by atoms with Crippen molar-refractivity contribution in [1.82, 2.24) is 0 Å². The smallest absolute Gasteiger partial charge is 0.262 e. The second-order valence-corrected chi connectivity index (χ2v) is 13.1. The summed E-state index contributed by atoms with van der Waals surface area (Å²) in [6.07, 6.45) is 0. The van der Waals surface area contributed by atoms with Gasteiger partial charge in [-0.15, -0.1) is 0 Å². The number of carbonyl (C=O) groups excluding carboxylic acids is 1. The molecule has 4 aromatic carbocycles. The molecule has 8 nitrogen and oxygen atoms in total. The molecule has 0 saturated carbocycles. The Morgan fingerprint density at radius 2 is 1.23 bits per heavy atom. The predicted molar refractivity (Wildman–Crippen MR) is 159 cm³/mol. The molecule has 0 fully saturated rings. The van der Waals surface area contributed by atoms with E-state index in [1.54, 1.807) is 31.2 Å². The molecule has 0 unspecified atom stereocenters. The van der Waals surface area contributed by atoms with Crippen LogP contribution >= 0.6 is 0 Å². The van der Waals surface area contributed by atoms with Crippen LogP contribution < -0.4 is 14.8 Å². The van der Waals surface area contributed by atoms with E-state index >= 15 is 0 Å². The fraction of sp³-hybridized carbons (Fsp3) is 0.167. The van der Waals surface area contributed by atoms with E-state index in [0.29, 0.717) is 22.6 Å². The maximum atomic E-state index is 13.1. The minimum Gasteiger partial charge on any atom is -0.322 e. The van der Waals surface area contributed by atoms with Crippen LogP contribution in [0.25, 0.3) is 0 Å². The molecule has 0 radical (unpaired) electrons. The molecule has 0 bridgehead atoms. The Kier molecular flexibility index (Phi) is 8.04. The van der Waals surface area contributed by atoms with Gasteiger partial charge in [0.15, 0.2) is 0 Å². The molecule has 208 valence electrons. The van der Waals surface area contributed by atoms with Crippen LogP contribution in [0.2, 0.25) is 0 Å². The van der Waals surface area contributed by atoms with Crippen molar-refractivity contribution < 1.29 is 21.6 Å². The lowest BCUT2D eigenvalue weighted by Crippen LogP contribution is -2.17. The molecule has 40 heavy (non-hydrogen) atoms. The highest BCUT2D eigenvalue weighted by Gasteiger charge is 2.20. The van der Waals surface area contributed by atoms with Gasteiger partial charge in [0.2, 0.25) is 0 Å². The zero-order chi connectivity index (χ0) is 29.2. The van der Waals surface area contributed by atoms with Gasteiger partial charge in [0.25, 0.3) is 26.0 Å². The summed E-state index contributed by atoms with van der Waals surface area (Å²) < 4.78 is 57.2. The van der Waals surface area contributed by atoms with E-state index in [2.05, 4.69) is 14.8 Å². The number of aryl methyl sites for hydroxylation is 5. The van der Waals surface area contributed by atoms with Crippen molar-refractivity contribution in [2.75, 3.05) is 14.8 Å². The lowest BCUT2D eigenvalue weighted by atomic mass is 10.1. The molecule has 3 N–H and O–H groups in total. The predicted octanol–water partition coefficient (Wildman–Crippen LogP) is 6.08. The Labute approximate surface area is 235 Å². The number of amides is 1. The molecule has 1 amide bonds. The van der Waals surface area contributed by atoms with Gasteiger partial charge in [-0.3, -0.25) is 14.2 Å². The number of anilines is 3. The quantitative estimate of drug-likeness (QED) is 0.234. The third kappa shape index (κ3) is 6.52. The first-order chi connectivity index (χ1) is 18.7. The number of rotatable bonds is 8. The highest BCUT2D eigenvalue weighted by molar-refractivity contribution is 7.93. The zero-order valence-corrected chi connectivity index (χ0v) is 24.5. The Balaban J connectivity index is 1.50. The number of hydrogen-bond acceptors (Lipinski definition) is 5. The van der Waals surface area contributed by atoms with Gasteiger partial charge in [0.1, 0.15) is 0 Å². The summed E-state index contributed by atoms with van der Waals surface area (Å²) in [6.45, 7) is 9.24. The molecule has 0 aliphatic carbocycles. The molecule has 0 atom stereocenters. The van der Waals surface area contributed by atoms with Crippen molar-refractivity contribution in [2.45, 2.75) is 44.4 Å². The van der Waals surface area contributed by atoms with Gasteiger partial charge in [-0.1, -0.05) is 29.8 Å². The Morgan fingerprint density at radius 3 is 1.88 bits per heavy atom. The van der Waals surface area contributed by atoms with Crippen LogP contribution in [0.1, 0.15) is 38.2 Å². The van der Waals surface area contributed by atoms with E-state index in [1.807, 2.05) is 45.9 Å². The Hall–Kier alpha value is -4.15. The molecule has 0 spiro atoms. The second kappa shape index (κ2) is 11.1. The highest BCUT2D eigenvalue weighted by atomic mass is 32.2. The topological polar surface area (TPSA) is 121 Å². The second-order valence-electron chi connectivity index (χ2n) is 9.79. The fourth-order valence-electron chi connectivity index (χ4n) is 4.10. The lowest BCUT2D eigenvalue weighted by molar-refractivity contribution is 0.102. The standard InChI is InChI=1S/C30H31N3O5S2/c1-19-6-15-28(23(5)16-19)33-39(35,36)27-13-11-25(12-14-27)31-30(34)24-9-7-21(3)29(18-24)40(37,38)32-26-10-8-20(2)22(4)17-26/h6-18,32-33H,1-5H3,(H,31,34). The first-order valence-corrected chi connectivity index (χ1v) is 15.4. The summed E-state index contributed by atoms with van der Waals surface area (Å²) in [5.41, 5.74) is 5.71. The van der Waals surface area contributed by atoms with Crippen LogP contribution in [0.15, 0.2) is 88.7 Å². The summed E-state index contributed by atoms with van der Waals surface area (Å²) in [5, 5.41) is 2.69. The number of nitrogens with one attached hydrogen (secondary N) is 3. The maximum absolute atomic E-state index is 13.1. The largest absolute Gasteiger partial charge is 0.322 e. The van der Waals surface area contributed by atoms with Gasteiger partial charge < -0.3 is 5.32 Å². The normalized spacial score (nSPS) is 11.6. The van der Waals surface area contributed by atoms with Crippen molar-refractivity contribution >= 4 is 43.0 Å². The summed E-state index contributed by atoms with van der Waals surface area (Å²) in [5.74, 6) is -0.536. The van der Waals surface area contributed by atoms with Crippen LogP contribution in [-0.4, -0.2) is 22.7 Å². The molecule has 0 aromatic heterocycles. The average molecular weight is 578 g/mol. The SMILES string of the molecule is Cc1ccc(NS(=O)(=O)c2ccc(NC(=O)c3ccc(C)c(S(=O)(=O)Nc4ccc(C)c(C)c4)c3)cc2)c(C)c1. The molecule has 0 aliphatic heterocycles. The number of sulfonamides is 2. The number of carbonyl (C=O) groups is 1. The van der Waals surface area contributed by atoms with Crippen molar-refractivity contribution in [3.05, 3.63) is 112 Å². The van der Waals surface area contributed by atoms with E-state index in [1.165, 1.54) is 36.4 Å². The lowest BCUT2D eigenvalue weighted by Gasteiger charge is -2.14. The summed E-state index contributed by atoms with van der Waals surface area (Å²) in [7, 11) is -7.80. The fourth-order valence-corrected chi connectivity index (χ4v) is 6.55. The number of hydrogen-bond donors (Lipinski definition) is 3. The molecule has 10 heteroatoms. The number of benzene rings is 4. The summed E-state index contributed by atoms with van der Waals surface area (Å²) in [4.78, 5) is 13.0. The molecule has 0 aliphatic rings. The Bertz CT molecular complexity index is 1820.